The lowest BCUT2D eigenvalue weighted by Crippen LogP contribution is -2.50. The first-order valence-electron chi connectivity index (χ1n) is 17.2. The summed E-state index contributed by atoms with van der Waals surface area (Å²) in [5, 5.41) is 31.4. The van der Waals surface area contributed by atoms with Gasteiger partial charge in [-0.2, -0.15) is 0 Å². The van der Waals surface area contributed by atoms with E-state index in [1.807, 2.05) is 6.92 Å². The van der Waals surface area contributed by atoms with Gasteiger partial charge in [-0.1, -0.05) is 106 Å². The zero-order valence-electron chi connectivity index (χ0n) is 29.6. The second kappa shape index (κ2) is 14.4. The van der Waals surface area contributed by atoms with Crippen molar-refractivity contribution < 1.29 is 20.1 Å². The van der Waals surface area contributed by atoms with Crippen molar-refractivity contribution in [3.8, 4) is 0 Å². The number of fused-ring (bicyclic) bond motifs is 1. The first kappa shape index (κ1) is 36.7. The molecule has 4 heteroatoms. The van der Waals surface area contributed by atoms with Gasteiger partial charge in [0, 0.05) is 24.2 Å². The number of allylic oxidation sites excluding steroid dienone is 10. The second-order valence-corrected chi connectivity index (χ2v) is 16.4. The van der Waals surface area contributed by atoms with Crippen LogP contribution in [0.1, 0.15) is 127 Å². The summed E-state index contributed by atoms with van der Waals surface area (Å²) in [6.45, 7) is 21.5. The summed E-state index contributed by atoms with van der Waals surface area (Å²) in [5.74, 6) is 0.710. The van der Waals surface area contributed by atoms with Crippen LogP contribution in [0.15, 0.2) is 71.4 Å². The van der Waals surface area contributed by atoms with E-state index in [4.69, 9.17) is 4.74 Å². The molecule has 0 radical (unpaired) electrons. The average Bonchev–Trinajstić information content (AvgIpc) is 3.49. The van der Waals surface area contributed by atoms with E-state index >= 15 is 0 Å². The molecule has 3 aliphatic rings. The number of hydrogen-bond acceptors (Lipinski definition) is 4. The van der Waals surface area contributed by atoms with Gasteiger partial charge in [-0.3, -0.25) is 0 Å². The summed E-state index contributed by atoms with van der Waals surface area (Å²) in [7, 11) is 0. The Hall–Kier alpha value is -1.72. The summed E-state index contributed by atoms with van der Waals surface area (Å²) in [6, 6.07) is 0. The number of aliphatic hydroxyl groups excluding tert-OH is 2. The first-order valence-corrected chi connectivity index (χ1v) is 17.2. The summed E-state index contributed by atoms with van der Waals surface area (Å²) in [6.07, 6.45) is 27.6. The topological polar surface area (TPSA) is 73.2 Å². The van der Waals surface area contributed by atoms with Crippen LogP contribution in [0, 0.1) is 22.7 Å². The molecule has 1 aliphatic heterocycles. The van der Waals surface area contributed by atoms with Crippen LogP contribution in [0.4, 0.5) is 0 Å². The highest BCUT2D eigenvalue weighted by molar-refractivity contribution is 5.35. The van der Waals surface area contributed by atoms with Crippen molar-refractivity contribution in [1.29, 1.82) is 0 Å². The highest BCUT2D eigenvalue weighted by atomic mass is 16.6. The Morgan fingerprint density at radius 3 is 2.09 bits per heavy atom. The summed E-state index contributed by atoms with van der Waals surface area (Å²) >= 11 is 0. The van der Waals surface area contributed by atoms with Gasteiger partial charge in [0.1, 0.15) is 11.2 Å². The molecule has 44 heavy (non-hydrogen) atoms. The van der Waals surface area contributed by atoms with Crippen LogP contribution in [0.5, 0.6) is 0 Å². The molecule has 3 rings (SSSR count). The zero-order chi connectivity index (χ0) is 33.0. The molecule has 1 saturated heterocycles. The van der Waals surface area contributed by atoms with Gasteiger partial charge in [0.05, 0.1) is 17.8 Å². The molecule has 2 saturated carbocycles. The molecule has 0 aromatic heterocycles. The Labute approximate surface area is 269 Å². The minimum atomic E-state index is -0.898. The van der Waals surface area contributed by atoms with Gasteiger partial charge in [0.25, 0.3) is 0 Å². The molecule has 0 amide bonds. The van der Waals surface area contributed by atoms with Gasteiger partial charge in [-0.05, 0) is 90.6 Å². The predicted molar refractivity (Wildman–Crippen MR) is 185 cm³/mol. The minimum Gasteiger partial charge on any atom is -0.393 e. The monoisotopic (exact) mass is 608 g/mol. The highest BCUT2D eigenvalue weighted by Crippen LogP contribution is 2.66. The van der Waals surface area contributed by atoms with Crippen molar-refractivity contribution in [2.45, 2.75) is 156 Å². The zero-order valence-corrected chi connectivity index (χ0v) is 29.6. The van der Waals surface area contributed by atoms with Crippen LogP contribution in [0.3, 0.4) is 0 Å². The molecule has 3 N–H and O–H groups in total. The van der Waals surface area contributed by atoms with E-state index in [1.165, 1.54) is 30.4 Å². The van der Waals surface area contributed by atoms with E-state index < -0.39 is 11.7 Å². The van der Waals surface area contributed by atoms with Gasteiger partial charge >= 0.3 is 0 Å². The molecule has 0 bridgehead atoms. The third-order valence-electron chi connectivity index (χ3n) is 10.8. The van der Waals surface area contributed by atoms with Crippen molar-refractivity contribution in [3.05, 3.63) is 71.4 Å². The molecule has 0 spiro atoms. The van der Waals surface area contributed by atoms with Crippen molar-refractivity contribution in [3.63, 3.8) is 0 Å². The smallest absolute Gasteiger partial charge is 0.121 e. The molecule has 2 aliphatic carbocycles. The minimum absolute atomic E-state index is 0.00569. The quantitative estimate of drug-likeness (QED) is 0.111. The number of aliphatic hydroxyl groups is 3. The number of unbranched alkanes of at least 4 members (excludes halogenated alkanes) is 1. The molecule has 3 fully saturated rings. The normalized spacial score (nSPS) is 36.8. The maximum absolute atomic E-state index is 10.9. The Bertz CT molecular complexity index is 1140. The lowest BCUT2D eigenvalue weighted by atomic mass is 9.61. The molecule has 4 nitrogen and oxygen atoms in total. The van der Waals surface area contributed by atoms with Gasteiger partial charge in [0.2, 0.25) is 0 Å². The molecule has 248 valence electrons. The molecule has 2 unspecified atom stereocenters. The van der Waals surface area contributed by atoms with E-state index in [-0.39, 0.29) is 34.1 Å². The van der Waals surface area contributed by atoms with E-state index in [0.717, 1.165) is 31.3 Å². The second-order valence-electron chi connectivity index (χ2n) is 16.4. The number of hydrogen-bond donors (Lipinski definition) is 3. The number of epoxide rings is 1. The van der Waals surface area contributed by atoms with Crippen molar-refractivity contribution in [1.82, 2.24) is 0 Å². The Balaban J connectivity index is 1.37. The van der Waals surface area contributed by atoms with E-state index in [2.05, 4.69) is 117 Å². The standard InChI is InChI=1S/C40H64O4/c1-29(17-13-19-31(3)21-22-35-36(5,6)25-33(41)27-38(35,9)43)15-11-12-16-30(2)18-14-20-32(4)23-24-40-37(7,8)26-34(42)28-39(40,10)44-40/h13,15,17,19-24,30,33-35,41-43H,11-12,14,16,18,25-28H2,1-10H3/b17-13+,22-21?,24-23+,29-15+,31-19+,32-20-/t30?,33-,34-,35?,38+,39+,40-/m0/s1. The third kappa shape index (κ3) is 9.18. The summed E-state index contributed by atoms with van der Waals surface area (Å²) in [5.41, 5.74) is 2.12. The third-order valence-corrected chi connectivity index (χ3v) is 10.8. The largest absolute Gasteiger partial charge is 0.393 e. The Kier molecular flexibility index (Phi) is 12.0. The fraction of sp³-hybridized carbons (Fsp3) is 0.700. The van der Waals surface area contributed by atoms with Gasteiger partial charge in [-0.25, -0.2) is 0 Å². The molecule has 0 aromatic carbocycles. The average molecular weight is 609 g/mol. The molecule has 0 aromatic rings. The first-order chi connectivity index (χ1) is 20.3. The van der Waals surface area contributed by atoms with Crippen molar-refractivity contribution in [2.75, 3.05) is 0 Å². The van der Waals surface area contributed by atoms with E-state index in [1.54, 1.807) is 0 Å². The summed E-state index contributed by atoms with van der Waals surface area (Å²) in [4.78, 5) is 0. The number of rotatable bonds is 13. The lowest BCUT2D eigenvalue weighted by molar-refractivity contribution is -0.111. The van der Waals surface area contributed by atoms with Crippen molar-refractivity contribution in [2.24, 2.45) is 22.7 Å². The van der Waals surface area contributed by atoms with Gasteiger partial charge < -0.3 is 20.1 Å². The van der Waals surface area contributed by atoms with Crippen LogP contribution < -0.4 is 0 Å². The van der Waals surface area contributed by atoms with Gasteiger partial charge in [0.15, 0.2) is 0 Å². The van der Waals surface area contributed by atoms with Crippen LogP contribution in [0.2, 0.25) is 0 Å². The highest BCUT2D eigenvalue weighted by Gasteiger charge is 2.74. The maximum Gasteiger partial charge on any atom is 0.121 e. The van der Waals surface area contributed by atoms with Gasteiger partial charge in [-0.15, -0.1) is 0 Å². The Morgan fingerprint density at radius 2 is 1.43 bits per heavy atom. The van der Waals surface area contributed by atoms with Crippen LogP contribution in [-0.2, 0) is 4.74 Å². The van der Waals surface area contributed by atoms with Crippen LogP contribution >= 0.6 is 0 Å². The molecular formula is C40H64O4. The van der Waals surface area contributed by atoms with E-state index in [0.29, 0.717) is 18.8 Å². The Morgan fingerprint density at radius 1 is 0.795 bits per heavy atom. The molecule has 1 heterocycles. The predicted octanol–water partition coefficient (Wildman–Crippen LogP) is 9.34. The van der Waals surface area contributed by atoms with Crippen LogP contribution in [0.25, 0.3) is 0 Å². The fourth-order valence-electron chi connectivity index (χ4n) is 8.37. The summed E-state index contributed by atoms with van der Waals surface area (Å²) < 4.78 is 6.28. The van der Waals surface area contributed by atoms with E-state index in [9.17, 15) is 15.3 Å². The fourth-order valence-corrected chi connectivity index (χ4v) is 8.37. The SMILES string of the molecule is CC(=C/CCC(C)CCC/C=C(C)/C=C/C=C(\C)C=CC1C(C)(C)C[C@H](O)C[C@@]1(C)O)/C=C/[C@@]12O[C@]1(C)C[C@@H](O)CC2(C)C. The molecule has 7 atom stereocenters. The molecular weight excluding hydrogens is 544 g/mol. The number of ether oxygens (including phenoxy) is 1. The van der Waals surface area contributed by atoms with Crippen molar-refractivity contribution >= 4 is 0 Å². The lowest BCUT2D eigenvalue weighted by Gasteiger charge is -2.48. The maximum atomic E-state index is 10.9. The van der Waals surface area contributed by atoms with Crippen LogP contribution in [-0.4, -0.2) is 44.3 Å².